The highest BCUT2D eigenvalue weighted by Gasteiger charge is 2.13. The highest BCUT2D eigenvalue weighted by molar-refractivity contribution is 5.96. The van der Waals surface area contributed by atoms with Crippen molar-refractivity contribution in [3.63, 3.8) is 0 Å². The van der Waals surface area contributed by atoms with Crippen LogP contribution in [0.5, 0.6) is 0 Å². The van der Waals surface area contributed by atoms with Gasteiger partial charge in [-0.1, -0.05) is 36.4 Å². The Labute approximate surface area is 152 Å². The lowest BCUT2D eigenvalue weighted by Crippen LogP contribution is -2.29. The van der Waals surface area contributed by atoms with Gasteiger partial charge in [0, 0.05) is 31.2 Å². The number of amides is 1. The van der Waals surface area contributed by atoms with Gasteiger partial charge in [-0.15, -0.1) is 0 Å². The third kappa shape index (κ3) is 4.30. The topological polar surface area (TPSA) is 62.6 Å². The molecule has 5 nitrogen and oxygen atoms in total. The molecule has 0 aliphatic rings. The summed E-state index contributed by atoms with van der Waals surface area (Å²) in [5.41, 5.74) is 1.10. The van der Waals surface area contributed by atoms with Crippen LogP contribution in [-0.2, 0) is 0 Å². The van der Waals surface area contributed by atoms with Gasteiger partial charge in [0.15, 0.2) is 0 Å². The van der Waals surface area contributed by atoms with E-state index in [1.165, 1.54) is 5.69 Å². The van der Waals surface area contributed by atoms with Gasteiger partial charge in [0.05, 0.1) is 0 Å². The molecular formula is C21H22N2O3. The lowest BCUT2D eigenvalue weighted by molar-refractivity contribution is 0.0949. The van der Waals surface area contributed by atoms with E-state index in [1.807, 2.05) is 37.4 Å². The first-order valence-electron chi connectivity index (χ1n) is 8.72. The smallest absolute Gasteiger partial charge is 0.349 e. The number of unbranched alkanes of at least 4 members (excludes halogenated alkanes) is 1. The van der Waals surface area contributed by atoms with E-state index in [4.69, 9.17) is 4.42 Å². The van der Waals surface area contributed by atoms with Crippen LogP contribution in [0.2, 0.25) is 0 Å². The molecule has 1 heterocycles. The van der Waals surface area contributed by atoms with E-state index in [2.05, 4.69) is 22.3 Å². The summed E-state index contributed by atoms with van der Waals surface area (Å²) in [6.45, 7) is 1.42. The molecule has 5 heteroatoms. The second kappa shape index (κ2) is 8.34. The van der Waals surface area contributed by atoms with Crippen molar-refractivity contribution in [2.24, 2.45) is 0 Å². The molecule has 0 saturated carbocycles. The average molecular weight is 350 g/mol. The third-order valence-electron chi connectivity index (χ3n) is 4.29. The number of carbonyl (C=O) groups excluding carboxylic acids is 1. The number of hydrogen-bond donors (Lipinski definition) is 1. The summed E-state index contributed by atoms with van der Waals surface area (Å²) in [4.78, 5) is 26.4. The van der Waals surface area contributed by atoms with Crippen LogP contribution in [0.1, 0.15) is 23.2 Å². The van der Waals surface area contributed by atoms with Crippen molar-refractivity contribution in [3.05, 3.63) is 76.6 Å². The minimum Gasteiger partial charge on any atom is -0.422 e. The normalized spacial score (nSPS) is 10.7. The summed E-state index contributed by atoms with van der Waals surface area (Å²) in [6.07, 6.45) is 1.78. The third-order valence-corrected chi connectivity index (χ3v) is 4.29. The van der Waals surface area contributed by atoms with E-state index in [1.54, 1.807) is 18.2 Å². The summed E-state index contributed by atoms with van der Waals surface area (Å²) in [7, 11) is 2.05. The summed E-state index contributed by atoms with van der Waals surface area (Å²) in [5.74, 6) is -0.388. The summed E-state index contributed by atoms with van der Waals surface area (Å²) >= 11 is 0. The van der Waals surface area contributed by atoms with Crippen molar-refractivity contribution in [2.75, 3.05) is 25.0 Å². The second-order valence-electron chi connectivity index (χ2n) is 6.21. The number of nitrogens with zero attached hydrogens (tertiary/aromatic N) is 1. The number of carbonyl (C=O) groups is 1. The summed E-state index contributed by atoms with van der Waals surface area (Å²) in [6, 6.07) is 18.9. The first-order valence-corrected chi connectivity index (χ1v) is 8.72. The first kappa shape index (κ1) is 17.7. The molecule has 0 aliphatic carbocycles. The molecule has 0 unspecified atom stereocenters. The molecule has 1 N–H and O–H groups in total. The zero-order chi connectivity index (χ0) is 18.4. The molecule has 2 aromatic carbocycles. The number of anilines is 1. The Balaban J connectivity index is 1.49. The molecule has 3 rings (SSSR count). The van der Waals surface area contributed by atoms with Crippen LogP contribution in [0.15, 0.2) is 69.9 Å². The standard InChI is InChI=1S/C21H22N2O3/c1-23(17-10-3-2-4-11-17)14-8-7-13-22-20(24)18-15-16-9-5-6-12-19(16)26-21(18)25/h2-6,9-12,15H,7-8,13-14H2,1H3,(H,22,24). The maximum atomic E-state index is 12.2. The highest BCUT2D eigenvalue weighted by Crippen LogP contribution is 2.13. The van der Waals surface area contributed by atoms with E-state index < -0.39 is 5.63 Å². The van der Waals surface area contributed by atoms with Gasteiger partial charge in [0.1, 0.15) is 11.1 Å². The molecule has 134 valence electrons. The lowest BCUT2D eigenvalue weighted by atomic mass is 10.2. The van der Waals surface area contributed by atoms with Gasteiger partial charge < -0.3 is 14.6 Å². The Morgan fingerprint density at radius 3 is 2.58 bits per heavy atom. The molecule has 0 spiro atoms. The highest BCUT2D eigenvalue weighted by atomic mass is 16.4. The fourth-order valence-electron chi connectivity index (χ4n) is 2.80. The molecule has 1 aromatic heterocycles. The van der Waals surface area contributed by atoms with E-state index in [9.17, 15) is 9.59 Å². The van der Waals surface area contributed by atoms with Crippen LogP contribution in [-0.4, -0.2) is 26.0 Å². The van der Waals surface area contributed by atoms with Crippen molar-refractivity contribution in [1.29, 1.82) is 0 Å². The van der Waals surface area contributed by atoms with Crippen molar-refractivity contribution in [2.45, 2.75) is 12.8 Å². The number of hydrogen-bond acceptors (Lipinski definition) is 4. The van der Waals surface area contributed by atoms with E-state index >= 15 is 0 Å². The first-order chi connectivity index (χ1) is 12.6. The lowest BCUT2D eigenvalue weighted by Gasteiger charge is -2.19. The largest absolute Gasteiger partial charge is 0.422 e. The van der Waals surface area contributed by atoms with Gasteiger partial charge in [-0.05, 0) is 37.1 Å². The molecule has 0 radical (unpaired) electrons. The minimum absolute atomic E-state index is 0.0464. The van der Waals surface area contributed by atoms with Crippen LogP contribution >= 0.6 is 0 Å². The van der Waals surface area contributed by atoms with Crippen molar-refractivity contribution in [1.82, 2.24) is 5.32 Å². The Morgan fingerprint density at radius 1 is 1.04 bits per heavy atom. The van der Waals surface area contributed by atoms with E-state index in [0.29, 0.717) is 12.1 Å². The molecule has 0 saturated heterocycles. The number of fused-ring (bicyclic) bond motifs is 1. The van der Waals surface area contributed by atoms with Crippen LogP contribution in [0.4, 0.5) is 5.69 Å². The fraction of sp³-hybridized carbons (Fsp3) is 0.238. The minimum atomic E-state index is -0.606. The summed E-state index contributed by atoms with van der Waals surface area (Å²) in [5, 5.41) is 3.54. The van der Waals surface area contributed by atoms with Crippen molar-refractivity contribution in [3.8, 4) is 0 Å². The van der Waals surface area contributed by atoms with Crippen molar-refractivity contribution >= 4 is 22.6 Å². The second-order valence-corrected chi connectivity index (χ2v) is 6.21. The summed E-state index contributed by atoms with van der Waals surface area (Å²) < 4.78 is 5.20. The molecule has 0 bridgehead atoms. The zero-order valence-corrected chi connectivity index (χ0v) is 14.8. The number of rotatable bonds is 7. The van der Waals surface area contributed by atoms with Gasteiger partial charge in [0.2, 0.25) is 0 Å². The molecular weight excluding hydrogens is 328 g/mol. The van der Waals surface area contributed by atoms with E-state index in [-0.39, 0.29) is 11.5 Å². The Morgan fingerprint density at radius 2 is 1.77 bits per heavy atom. The predicted molar refractivity (Wildman–Crippen MR) is 104 cm³/mol. The molecule has 0 atom stereocenters. The fourth-order valence-corrected chi connectivity index (χ4v) is 2.80. The predicted octanol–water partition coefficient (Wildman–Crippen LogP) is 3.44. The van der Waals surface area contributed by atoms with Crippen LogP contribution in [0.25, 0.3) is 11.0 Å². The monoisotopic (exact) mass is 350 g/mol. The van der Waals surface area contributed by atoms with Gasteiger partial charge in [-0.25, -0.2) is 4.79 Å². The SMILES string of the molecule is CN(CCCCNC(=O)c1cc2ccccc2oc1=O)c1ccccc1. The van der Waals surface area contributed by atoms with Gasteiger partial charge >= 0.3 is 5.63 Å². The van der Waals surface area contributed by atoms with Gasteiger partial charge in [0.25, 0.3) is 5.91 Å². The number of benzene rings is 2. The molecule has 3 aromatic rings. The number of nitrogens with one attached hydrogen (secondary N) is 1. The number of para-hydroxylation sites is 2. The molecule has 0 aliphatic heterocycles. The zero-order valence-electron chi connectivity index (χ0n) is 14.8. The van der Waals surface area contributed by atoms with E-state index in [0.717, 1.165) is 24.8 Å². The maximum absolute atomic E-state index is 12.2. The van der Waals surface area contributed by atoms with Gasteiger partial charge in [-0.2, -0.15) is 0 Å². The Bertz CT molecular complexity index is 935. The van der Waals surface area contributed by atoms with Crippen molar-refractivity contribution < 1.29 is 9.21 Å². The quantitative estimate of drug-likeness (QED) is 0.524. The van der Waals surface area contributed by atoms with Crippen LogP contribution in [0.3, 0.4) is 0 Å². The molecule has 26 heavy (non-hydrogen) atoms. The Kier molecular flexibility index (Phi) is 5.69. The van der Waals surface area contributed by atoms with Crippen LogP contribution in [0, 0.1) is 0 Å². The van der Waals surface area contributed by atoms with Crippen LogP contribution < -0.4 is 15.8 Å². The Hall–Kier alpha value is -3.08. The molecule has 0 fully saturated rings. The average Bonchev–Trinajstić information content (AvgIpc) is 2.67. The van der Waals surface area contributed by atoms with Gasteiger partial charge in [-0.3, -0.25) is 4.79 Å². The maximum Gasteiger partial charge on any atom is 0.349 e. The molecule has 1 amide bonds.